The van der Waals surface area contributed by atoms with Crippen LogP contribution in [0, 0.1) is 0 Å². The molecule has 6 nitrogen and oxygen atoms in total. The standard InChI is InChI=1S/C23H30N4O2S/c28-22(27-14-12-26(13-15-27)17-21-7-4-16-30-21)18-25-10-8-20(9-11-25)24-23(29)19-5-2-1-3-6-19/h1-7,16,20H,8-15,17-18H2,(H,24,29). The van der Waals surface area contributed by atoms with E-state index >= 15 is 0 Å². The third kappa shape index (κ3) is 5.68. The number of amides is 2. The number of rotatable bonds is 6. The van der Waals surface area contributed by atoms with E-state index in [0.29, 0.717) is 12.1 Å². The lowest BCUT2D eigenvalue weighted by molar-refractivity contribution is -0.134. The number of piperazine rings is 1. The van der Waals surface area contributed by atoms with E-state index in [-0.39, 0.29) is 17.9 Å². The first-order chi connectivity index (χ1) is 14.7. The largest absolute Gasteiger partial charge is 0.349 e. The van der Waals surface area contributed by atoms with E-state index in [4.69, 9.17) is 0 Å². The number of hydrogen-bond acceptors (Lipinski definition) is 5. The normalized spacial score (nSPS) is 19.0. The van der Waals surface area contributed by atoms with Crippen molar-refractivity contribution in [2.24, 2.45) is 0 Å². The Bertz CT molecular complexity index is 811. The summed E-state index contributed by atoms with van der Waals surface area (Å²) in [7, 11) is 0. The van der Waals surface area contributed by atoms with Crippen LogP contribution in [0.1, 0.15) is 28.1 Å². The predicted molar refractivity (Wildman–Crippen MR) is 120 cm³/mol. The molecule has 0 atom stereocenters. The molecule has 1 N–H and O–H groups in total. The minimum absolute atomic E-state index is 0.00875. The van der Waals surface area contributed by atoms with Crippen molar-refractivity contribution in [3.63, 3.8) is 0 Å². The summed E-state index contributed by atoms with van der Waals surface area (Å²) in [6, 6.07) is 13.8. The fourth-order valence-electron chi connectivity index (χ4n) is 4.16. The molecule has 2 aromatic rings. The Labute approximate surface area is 182 Å². The molecule has 160 valence electrons. The lowest BCUT2D eigenvalue weighted by atomic mass is 10.0. The molecule has 30 heavy (non-hydrogen) atoms. The van der Waals surface area contributed by atoms with Gasteiger partial charge >= 0.3 is 0 Å². The topological polar surface area (TPSA) is 55.9 Å². The molecule has 0 spiro atoms. The first-order valence-electron chi connectivity index (χ1n) is 10.8. The second-order valence-electron chi connectivity index (χ2n) is 8.13. The zero-order valence-electron chi connectivity index (χ0n) is 17.3. The third-order valence-corrected chi connectivity index (χ3v) is 6.86. The van der Waals surface area contributed by atoms with Crippen molar-refractivity contribution in [3.05, 3.63) is 58.3 Å². The summed E-state index contributed by atoms with van der Waals surface area (Å²) in [4.78, 5) is 33.1. The molecule has 2 fully saturated rings. The van der Waals surface area contributed by atoms with E-state index in [1.54, 1.807) is 11.3 Å². The van der Waals surface area contributed by atoms with Gasteiger partial charge in [0.05, 0.1) is 6.54 Å². The van der Waals surface area contributed by atoms with Gasteiger partial charge in [-0.1, -0.05) is 24.3 Å². The average molecular weight is 427 g/mol. The molecule has 2 aliphatic heterocycles. The van der Waals surface area contributed by atoms with Crippen LogP contribution in [0.4, 0.5) is 0 Å². The van der Waals surface area contributed by atoms with Gasteiger partial charge in [-0.05, 0) is 36.4 Å². The van der Waals surface area contributed by atoms with E-state index in [1.165, 1.54) is 4.88 Å². The number of nitrogens with zero attached hydrogens (tertiary/aromatic N) is 3. The van der Waals surface area contributed by atoms with Crippen molar-refractivity contribution in [1.29, 1.82) is 0 Å². The number of carbonyl (C=O) groups is 2. The average Bonchev–Trinajstić information content (AvgIpc) is 3.29. The summed E-state index contributed by atoms with van der Waals surface area (Å²) in [5.74, 6) is 0.225. The highest BCUT2D eigenvalue weighted by Crippen LogP contribution is 2.15. The number of thiophene rings is 1. The van der Waals surface area contributed by atoms with E-state index in [9.17, 15) is 9.59 Å². The van der Waals surface area contributed by atoms with E-state index in [1.807, 2.05) is 35.2 Å². The quantitative estimate of drug-likeness (QED) is 0.770. The predicted octanol–water partition coefficient (Wildman–Crippen LogP) is 2.29. The molecule has 4 rings (SSSR count). The first kappa shape index (κ1) is 21.0. The minimum atomic E-state index is -0.00875. The number of nitrogens with one attached hydrogen (secondary N) is 1. The highest BCUT2D eigenvalue weighted by molar-refractivity contribution is 7.09. The summed E-state index contributed by atoms with van der Waals surface area (Å²) in [5, 5.41) is 5.25. The van der Waals surface area contributed by atoms with Crippen LogP contribution in [0.2, 0.25) is 0 Å². The zero-order chi connectivity index (χ0) is 20.8. The Morgan fingerprint density at radius 2 is 1.63 bits per heavy atom. The van der Waals surface area contributed by atoms with Crippen LogP contribution < -0.4 is 5.32 Å². The van der Waals surface area contributed by atoms with Crippen LogP contribution in [0.3, 0.4) is 0 Å². The Morgan fingerprint density at radius 1 is 0.900 bits per heavy atom. The van der Waals surface area contributed by atoms with Gasteiger partial charge in [0.2, 0.25) is 5.91 Å². The van der Waals surface area contributed by atoms with Crippen LogP contribution in [-0.2, 0) is 11.3 Å². The molecule has 2 aliphatic rings. The van der Waals surface area contributed by atoms with Crippen molar-refractivity contribution < 1.29 is 9.59 Å². The molecule has 2 amide bonds. The van der Waals surface area contributed by atoms with Gasteiger partial charge in [0.25, 0.3) is 5.91 Å². The van der Waals surface area contributed by atoms with E-state index < -0.39 is 0 Å². The molecule has 1 aromatic heterocycles. The molecule has 0 saturated carbocycles. The van der Waals surface area contributed by atoms with Gasteiger partial charge < -0.3 is 10.2 Å². The maximum Gasteiger partial charge on any atom is 0.251 e. The number of hydrogen-bond donors (Lipinski definition) is 1. The van der Waals surface area contributed by atoms with Crippen molar-refractivity contribution in [3.8, 4) is 0 Å². The molecule has 1 aromatic carbocycles. The van der Waals surface area contributed by atoms with Gasteiger partial charge in [0.15, 0.2) is 0 Å². The summed E-state index contributed by atoms with van der Waals surface area (Å²) < 4.78 is 0. The van der Waals surface area contributed by atoms with Crippen molar-refractivity contribution in [2.45, 2.75) is 25.4 Å². The molecule has 7 heteroatoms. The summed E-state index contributed by atoms with van der Waals surface area (Å²) in [6.45, 7) is 6.69. The van der Waals surface area contributed by atoms with E-state index in [2.05, 4.69) is 32.6 Å². The van der Waals surface area contributed by atoms with Gasteiger partial charge in [0, 0.05) is 62.3 Å². The monoisotopic (exact) mass is 426 g/mol. The van der Waals surface area contributed by atoms with Crippen molar-refractivity contribution in [1.82, 2.24) is 20.0 Å². The lowest BCUT2D eigenvalue weighted by Crippen LogP contribution is -2.52. The zero-order valence-corrected chi connectivity index (χ0v) is 18.2. The third-order valence-electron chi connectivity index (χ3n) is 6.00. The van der Waals surface area contributed by atoms with Gasteiger partial charge in [-0.3, -0.25) is 19.4 Å². The number of likely N-dealkylation sites (tertiary alicyclic amines) is 1. The molecular weight excluding hydrogens is 396 g/mol. The van der Waals surface area contributed by atoms with Crippen molar-refractivity contribution >= 4 is 23.2 Å². The minimum Gasteiger partial charge on any atom is -0.349 e. The molecule has 0 unspecified atom stereocenters. The smallest absolute Gasteiger partial charge is 0.251 e. The molecular formula is C23H30N4O2S. The maximum atomic E-state index is 12.7. The summed E-state index contributed by atoms with van der Waals surface area (Å²) in [6.07, 6.45) is 1.78. The van der Waals surface area contributed by atoms with E-state index in [0.717, 1.165) is 58.7 Å². The van der Waals surface area contributed by atoms with Crippen LogP contribution >= 0.6 is 11.3 Å². The second kappa shape index (κ2) is 10.2. The summed E-state index contributed by atoms with van der Waals surface area (Å²) in [5.41, 5.74) is 0.702. The number of benzene rings is 1. The number of carbonyl (C=O) groups excluding carboxylic acids is 2. The van der Waals surface area contributed by atoms with Crippen LogP contribution in [0.15, 0.2) is 47.8 Å². The van der Waals surface area contributed by atoms with Crippen molar-refractivity contribution in [2.75, 3.05) is 45.8 Å². The maximum absolute atomic E-state index is 12.7. The summed E-state index contributed by atoms with van der Waals surface area (Å²) >= 11 is 1.79. The van der Waals surface area contributed by atoms with Gasteiger partial charge in [-0.2, -0.15) is 0 Å². The highest BCUT2D eigenvalue weighted by atomic mass is 32.1. The van der Waals surface area contributed by atoms with Gasteiger partial charge in [0.1, 0.15) is 0 Å². The number of piperidine rings is 1. The first-order valence-corrected chi connectivity index (χ1v) is 11.7. The SMILES string of the molecule is O=C(NC1CCN(CC(=O)N2CCN(Cc3cccs3)CC2)CC1)c1ccccc1. The Kier molecular flexibility index (Phi) is 7.15. The molecule has 0 radical (unpaired) electrons. The van der Waals surface area contributed by atoms with Gasteiger partial charge in [-0.25, -0.2) is 0 Å². The Morgan fingerprint density at radius 3 is 2.30 bits per heavy atom. The molecule has 2 saturated heterocycles. The Hall–Kier alpha value is -2.22. The fraction of sp³-hybridized carbons (Fsp3) is 0.478. The lowest BCUT2D eigenvalue weighted by Gasteiger charge is -2.37. The molecule has 3 heterocycles. The molecule has 0 aliphatic carbocycles. The highest BCUT2D eigenvalue weighted by Gasteiger charge is 2.26. The Balaban J connectivity index is 1.15. The van der Waals surface area contributed by atoms with Gasteiger partial charge in [-0.15, -0.1) is 11.3 Å². The molecule has 0 bridgehead atoms. The van der Waals surface area contributed by atoms with Crippen LogP contribution in [-0.4, -0.2) is 78.4 Å². The van der Waals surface area contributed by atoms with Crippen LogP contribution in [0.25, 0.3) is 0 Å². The second-order valence-corrected chi connectivity index (χ2v) is 9.16. The fourth-order valence-corrected chi connectivity index (χ4v) is 4.91. The van der Waals surface area contributed by atoms with Crippen LogP contribution in [0.5, 0.6) is 0 Å².